The Kier molecular flexibility index (Phi) is 11.1. The summed E-state index contributed by atoms with van der Waals surface area (Å²) in [6, 6.07) is 15.8. The maximum Gasteiger partial charge on any atom is 0.338 e. The second-order valence-electron chi connectivity index (χ2n) is 10.6. The molecule has 0 bridgehead atoms. The Bertz CT molecular complexity index is 2120. The number of nitrogens with zero attached hydrogens (tertiary/aromatic N) is 3. The quantitative estimate of drug-likeness (QED) is 0.102. The molecule has 49 heavy (non-hydrogen) atoms. The molecule has 0 amide bonds. The molecule has 0 fully saturated rings. The highest BCUT2D eigenvalue weighted by Crippen LogP contribution is 2.37. The van der Waals surface area contributed by atoms with Crippen molar-refractivity contribution in [1.29, 1.82) is 0 Å². The Morgan fingerprint density at radius 2 is 1.65 bits per heavy atom. The minimum absolute atomic E-state index is 0.00304. The van der Waals surface area contributed by atoms with E-state index in [1.165, 1.54) is 16.7 Å². The van der Waals surface area contributed by atoms with Crippen LogP contribution in [0.4, 0.5) is 5.69 Å². The van der Waals surface area contributed by atoms with Crippen molar-refractivity contribution in [3.05, 3.63) is 128 Å². The van der Waals surface area contributed by atoms with Gasteiger partial charge in [-0.15, -0.1) is 0 Å². The second kappa shape index (κ2) is 15.4. The number of ether oxygens (including phenoxy) is 4. The number of allylic oxidation sites excluding steroid dienone is 1. The molecule has 0 N–H and O–H groups in total. The number of rotatable bonds is 12. The van der Waals surface area contributed by atoms with Crippen LogP contribution >= 0.6 is 27.3 Å². The summed E-state index contributed by atoms with van der Waals surface area (Å²) >= 11 is 4.51. The number of esters is 2. The van der Waals surface area contributed by atoms with Crippen LogP contribution < -0.4 is 24.4 Å². The molecule has 12 nitrogen and oxygen atoms in total. The van der Waals surface area contributed by atoms with Gasteiger partial charge in [0.25, 0.3) is 5.56 Å². The molecule has 3 aromatic carbocycles. The van der Waals surface area contributed by atoms with Crippen LogP contribution in [0.15, 0.2) is 86.2 Å². The first-order valence-corrected chi connectivity index (χ1v) is 17.0. The first-order chi connectivity index (χ1) is 23.6. The largest absolute Gasteiger partial charge is 0.494 e. The van der Waals surface area contributed by atoms with E-state index in [1.807, 2.05) is 6.92 Å². The standard InChI is InChI=1S/C35H32BrN3O9S/c1-5-45-25-14-12-23(13-15-25)30-29(34(42)47-7-3)20(4)37-35-38(30)32(40)28(49-35)18-22-16-26(36)31(27(17-22)39(43)44)48-19-21-8-10-24(11-9-21)33(41)46-6-2/h8-18,30H,5-7,19H2,1-4H3/b28-18-/t30-/m1/s1. The molecule has 254 valence electrons. The predicted molar refractivity (Wildman–Crippen MR) is 186 cm³/mol. The average Bonchev–Trinajstić information content (AvgIpc) is 3.37. The van der Waals surface area contributed by atoms with Crippen molar-refractivity contribution in [2.45, 2.75) is 40.3 Å². The summed E-state index contributed by atoms with van der Waals surface area (Å²) < 4.78 is 23.8. The number of benzene rings is 3. The molecule has 0 spiro atoms. The third-order valence-corrected chi connectivity index (χ3v) is 8.98. The van der Waals surface area contributed by atoms with Crippen LogP contribution in [0, 0.1) is 10.1 Å². The van der Waals surface area contributed by atoms with Crippen LogP contribution in [0.5, 0.6) is 11.5 Å². The minimum Gasteiger partial charge on any atom is -0.494 e. The zero-order chi connectivity index (χ0) is 35.2. The summed E-state index contributed by atoms with van der Waals surface area (Å²) in [6.45, 7) is 7.87. The van der Waals surface area contributed by atoms with Gasteiger partial charge in [0.2, 0.25) is 5.75 Å². The Morgan fingerprint density at radius 1 is 0.980 bits per heavy atom. The minimum atomic E-state index is -0.823. The molecule has 4 aromatic rings. The molecule has 5 rings (SSSR count). The fourth-order valence-corrected chi connectivity index (χ4v) is 6.87. The lowest BCUT2D eigenvalue weighted by atomic mass is 9.96. The van der Waals surface area contributed by atoms with Gasteiger partial charge in [-0.2, -0.15) is 0 Å². The maximum atomic E-state index is 14.0. The summed E-state index contributed by atoms with van der Waals surface area (Å²) in [5.41, 5.74) is 2.00. The summed E-state index contributed by atoms with van der Waals surface area (Å²) in [5, 5.41) is 12.2. The molecule has 0 saturated carbocycles. The highest BCUT2D eigenvalue weighted by atomic mass is 79.9. The van der Waals surface area contributed by atoms with Crippen molar-refractivity contribution < 1.29 is 33.5 Å². The van der Waals surface area contributed by atoms with Gasteiger partial charge >= 0.3 is 17.6 Å². The molecule has 2 heterocycles. The van der Waals surface area contributed by atoms with Gasteiger partial charge in [-0.05, 0) is 96.7 Å². The van der Waals surface area contributed by atoms with E-state index < -0.39 is 28.5 Å². The Morgan fingerprint density at radius 3 is 2.29 bits per heavy atom. The van der Waals surface area contributed by atoms with E-state index in [0.29, 0.717) is 49.6 Å². The number of nitro groups is 1. The zero-order valence-corrected chi connectivity index (χ0v) is 29.5. The Labute approximate surface area is 293 Å². The number of carbonyl (C=O) groups excluding carboxylic acids is 2. The molecule has 0 unspecified atom stereocenters. The fourth-order valence-electron chi connectivity index (χ4n) is 5.24. The topological polar surface area (TPSA) is 149 Å². The van der Waals surface area contributed by atoms with E-state index in [0.717, 1.165) is 11.3 Å². The van der Waals surface area contributed by atoms with E-state index in [2.05, 4.69) is 20.9 Å². The Hall–Kier alpha value is -5.08. The third kappa shape index (κ3) is 7.65. The van der Waals surface area contributed by atoms with E-state index in [1.54, 1.807) is 75.4 Å². The smallest absolute Gasteiger partial charge is 0.338 e. The van der Waals surface area contributed by atoms with E-state index in [9.17, 15) is 24.5 Å². The lowest BCUT2D eigenvalue weighted by molar-refractivity contribution is -0.386. The Balaban J connectivity index is 1.52. The number of fused-ring (bicyclic) bond motifs is 1. The fraction of sp³-hybridized carbons (Fsp3) is 0.257. The zero-order valence-electron chi connectivity index (χ0n) is 27.1. The summed E-state index contributed by atoms with van der Waals surface area (Å²) in [6.07, 6.45) is 1.54. The second-order valence-corrected chi connectivity index (χ2v) is 12.5. The molecule has 0 radical (unpaired) electrons. The van der Waals surface area contributed by atoms with Crippen LogP contribution in [0.3, 0.4) is 0 Å². The van der Waals surface area contributed by atoms with Gasteiger partial charge in [0.05, 0.1) is 56.6 Å². The highest BCUT2D eigenvalue weighted by molar-refractivity contribution is 9.10. The molecule has 1 aliphatic heterocycles. The molecular formula is C35H32BrN3O9S. The van der Waals surface area contributed by atoms with Crippen molar-refractivity contribution in [1.82, 2.24) is 4.57 Å². The van der Waals surface area contributed by atoms with Crippen molar-refractivity contribution in [2.24, 2.45) is 4.99 Å². The van der Waals surface area contributed by atoms with Crippen LogP contribution in [0.2, 0.25) is 0 Å². The summed E-state index contributed by atoms with van der Waals surface area (Å²) in [4.78, 5) is 55.7. The number of thiazole rings is 1. The van der Waals surface area contributed by atoms with Gasteiger partial charge in [-0.3, -0.25) is 19.5 Å². The van der Waals surface area contributed by atoms with Crippen molar-refractivity contribution in [3.63, 3.8) is 0 Å². The lowest BCUT2D eigenvalue weighted by Gasteiger charge is -2.24. The normalized spacial score (nSPS) is 14.1. The molecule has 0 aliphatic carbocycles. The number of hydrogen-bond acceptors (Lipinski definition) is 11. The number of hydrogen-bond donors (Lipinski definition) is 0. The van der Waals surface area contributed by atoms with Gasteiger partial charge in [-0.25, -0.2) is 14.6 Å². The number of nitro benzene ring substituents is 1. The van der Waals surface area contributed by atoms with Crippen LogP contribution in [-0.2, 0) is 20.9 Å². The van der Waals surface area contributed by atoms with Crippen molar-refractivity contribution in [3.8, 4) is 11.5 Å². The van der Waals surface area contributed by atoms with Gasteiger partial charge < -0.3 is 18.9 Å². The molecule has 14 heteroatoms. The summed E-state index contributed by atoms with van der Waals surface area (Å²) in [7, 11) is 0. The van der Waals surface area contributed by atoms with Crippen LogP contribution in [0.25, 0.3) is 6.08 Å². The highest BCUT2D eigenvalue weighted by Gasteiger charge is 2.33. The molecule has 0 saturated heterocycles. The van der Waals surface area contributed by atoms with Crippen molar-refractivity contribution >= 4 is 51.0 Å². The SMILES string of the molecule is CCOC(=O)C1=C(C)N=c2s/c(=C\c3cc(Br)c(OCc4ccc(C(=O)OCC)cc4)c([N+](=O)[O-])c3)c(=O)n2[C@@H]1c1ccc(OCC)cc1. The molecule has 1 aromatic heterocycles. The first-order valence-electron chi connectivity index (χ1n) is 15.3. The van der Waals surface area contributed by atoms with Crippen LogP contribution in [-0.4, -0.2) is 41.2 Å². The lowest BCUT2D eigenvalue weighted by Crippen LogP contribution is -2.39. The number of aromatic nitrogens is 1. The average molecular weight is 751 g/mol. The van der Waals surface area contributed by atoms with Gasteiger partial charge in [0, 0.05) is 6.07 Å². The first kappa shape index (κ1) is 35.2. The monoisotopic (exact) mass is 749 g/mol. The van der Waals surface area contributed by atoms with E-state index in [-0.39, 0.29) is 41.4 Å². The molecule has 1 aliphatic rings. The number of carbonyl (C=O) groups is 2. The predicted octanol–water partition coefficient (Wildman–Crippen LogP) is 5.62. The molecule has 1 atom stereocenters. The van der Waals surface area contributed by atoms with Crippen molar-refractivity contribution in [2.75, 3.05) is 19.8 Å². The van der Waals surface area contributed by atoms with Gasteiger partial charge in [-0.1, -0.05) is 35.6 Å². The maximum absolute atomic E-state index is 14.0. The summed E-state index contributed by atoms with van der Waals surface area (Å²) in [5.74, 6) is -0.383. The van der Waals surface area contributed by atoms with Gasteiger partial charge in [0.15, 0.2) is 4.80 Å². The van der Waals surface area contributed by atoms with Gasteiger partial charge in [0.1, 0.15) is 12.4 Å². The number of halogens is 1. The molecular weight excluding hydrogens is 718 g/mol. The van der Waals surface area contributed by atoms with Crippen LogP contribution in [0.1, 0.15) is 60.8 Å². The van der Waals surface area contributed by atoms with E-state index in [4.69, 9.17) is 18.9 Å². The van der Waals surface area contributed by atoms with E-state index >= 15 is 0 Å². The third-order valence-electron chi connectivity index (χ3n) is 7.41.